The fraction of sp³-hybridized carbons (Fsp3) is 0.476. The second-order valence-corrected chi connectivity index (χ2v) is 8.22. The van der Waals surface area contributed by atoms with Crippen molar-refractivity contribution in [2.45, 2.75) is 44.2 Å². The molecule has 2 heterocycles. The molecule has 4 nitrogen and oxygen atoms in total. The van der Waals surface area contributed by atoms with Gasteiger partial charge >= 0.3 is 0 Å². The van der Waals surface area contributed by atoms with E-state index in [0.717, 1.165) is 50.4 Å². The van der Waals surface area contributed by atoms with Crippen molar-refractivity contribution in [2.75, 3.05) is 24.5 Å². The first-order chi connectivity index (χ1) is 13.2. The predicted octanol–water partition coefficient (Wildman–Crippen LogP) is 3.97. The Morgan fingerprint density at radius 1 is 1.19 bits per heavy atom. The number of nitrogens with zero attached hydrogens (tertiary/aromatic N) is 2. The van der Waals surface area contributed by atoms with Gasteiger partial charge in [-0.05, 0) is 55.3 Å². The van der Waals surface area contributed by atoms with Crippen molar-refractivity contribution in [3.8, 4) is 0 Å². The molecule has 0 spiro atoms. The van der Waals surface area contributed by atoms with Crippen LogP contribution in [-0.2, 0) is 0 Å². The number of guanidine groups is 1. The molecule has 2 unspecified atom stereocenters. The Hall–Kier alpha value is -2.08. The van der Waals surface area contributed by atoms with Crippen LogP contribution >= 0.6 is 11.3 Å². The summed E-state index contributed by atoms with van der Waals surface area (Å²) in [6.07, 6.45) is 3.16. The standard InChI is InChI=1S/C21H27FN4S/c1-2-23-21(25-19-14-17(19)16-6-3-4-7-18(16)22)24-15-9-11-26(12-10-15)20-8-5-13-27-20/h3-8,13,15,17,19H,2,9-12,14H2,1H3,(H2,23,24,25). The van der Waals surface area contributed by atoms with Crippen molar-refractivity contribution < 1.29 is 4.39 Å². The van der Waals surface area contributed by atoms with Crippen molar-refractivity contribution in [1.82, 2.24) is 10.6 Å². The van der Waals surface area contributed by atoms with E-state index in [2.05, 4.69) is 38.0 Å². The highest BCUT2D eigenvalue weighted by molar-refractivity contribution is 7.14. The number of aliphatic imine (C=N–C) groups is 1. The molecule has 2 fully saturated rings. The molecule has 2 N–H and O–H groups in total. The summed E-state index contributed by atoms with van der Waals surface area (Å²) >= 11 is 1.81. The van der Waals surface area contributed by atoms with Gasteiger partial charge in [0.25, 0.3) is 0 Å². The highest BCUT2D eigenvalue weighted by Gasteiger charge is 2.40. The van der Waals surface area contributed by atoms with Gasteiger partial charge in [-0.3, -0.25) is 4.99 Å². The van der Waals surface area contributed by atoms with E-state index in [-0.39, 0.29) is 17.8 Å². The van der Waals surface area contributed by atoms with E-state index in [4.69, 9.17) is 0 Å². The van der Waals surface area contributed by atoms with Gasteiger partial charge in [0.2, 0.25) is 0 Å². The number of benzene rings is 1. The molecule has 0 radical (unpaired) electrons. The maximum atomic E-state index is 14.0. The minimum absolute atomic E-state index is 0.102. The molecule has 6 heteroatoms. The fourth-order valence-corrected chi connectivity index (χ4v) is 4.61. The lowest BCUT2D eigenvalue weighted by Gasteiger charge is -2.33. The monoisotopic (exact) mass is 386 g/mol. The smallest absolute Gasteiger partial charge is 0.191 e. The molecule has 4 rings (SSSR count). The average Bonchev–Trinajstić information content (AvgIpc) is 3.21. The summed E-state index contributed by atoms with van der Waals surface area (Å²) in [6.45, 7) is 4.92. The Balaban J connectivity index is 1.30. The van der Waals surface area contributed by atoms with E-state index in [9.17, 15) is 4.39 Å². The summed E-state index contributed by atoms with van der Waals surface area (Å²) < 4.78 is 14.0. The zero-order valence-corrected chi connectivity index (χ0v) is 16.5. The van der Waals surface area contributed by atoms with Crippen molar-refractivity contribution in [1.29, 1.82) is 0 Å². The second-order valence-electron chi connectivity index (χ2n) is 7.29. The van der Waals surface area contributed by atoms with Crippen LogP contribution in [0.1, 0.15) is 37.7 Å². The van der Waals surface area contributed by atoms with Gasteiger partial charge < -0.3 is 15.5 Å². The molecule has 1 aromatic heterocycles. The van der Waals surface area contributed by atoms with Crippen molar-refractivity contribution in [3.63, 3.8) is 0 Å². The van der Waals surface area contributed by atoms with Crippen LogP contribution in [0.5, 0.6) is 0 Å². The van der Waals surface area contributed by atoms with Crippen LogP contribution in [-0.4, -0.2) is 37.7 Å². The molecule has 1 aliphatic heterocycles. The molecular formula is C21H27FN4S. The van der Waals surface area contributed by atoms with Gasteiger partial charge in [-0.15, -0.1) is 11.3 Å². The van der Waals surface area contributed by atoms with Crippen LogP contribution in [0, 0.1) is 5.82 Å². The zero-order chi connectivity index (χ0) is 18.6. The number of thiophene rings is 1. The van der Waals surface area contributed by atoms with Gasteiger partial charge in [0.1, 0.15) is 5.82 Å². The Labute approximate surface area is 164 Å². The van der Waals surface area contributed by atoms with Crippen LogP contribution < -0.4 is 15.5 Å². The minimum Gasteiger partial charge on any atom is -0.363 e. The molecule has 0 bridgehead atoms. The number of hydrogen-bond donors (Lipinski definition) is 2. The summed E-state index contributed by atoms with van der Waals surface area (Å²) in [5.74, 6) is 1.02. The highest BCUT2D eigenvalue weighted by atomic mass is 32.1. The van der Waals surface area contributed by atoms with Crippen LogP contribution in [0.2, 0.25) is 0 Å². The third-order valence-corrected chi connectivity index (χ3v) is 6.32. The average molecular weight is 387 g/mol. The Kier molecular flexibility index (Phi) is 5.62. The highest BCUT2D eigenvalue weighted by Crippen LogP contribution is 2.41. The largest absolute Gasteiger partial charge is 0.363 e. The van der Waals surface area contributed by atoms with Crippen LogP contribution in [0.15, 0.2) is 46.8 Å². The van der Waals surface area contributed by atoms with Gasteiger partial charge in [0.05, 0.1) is 5.00 Å². The summed E-state index contributed by atoms with van der Waals surface area (Å²) in [5, 5.41) is 10.6. The molecule has 1 saturated carbocycles. The van der Waals surface area contributed by atoms with Gasteiger partial charge in [-0.2, -0.15) is 0 Å². The molecule has 2 aromatic rings. The third kappa shape index (κ3) is 4.43. The second kappa shape index (κ2) is 8.30. The summed E-state index contributed by atoms with van der Waals surface area (Å²) in [5.41, 5.74) is 0.815. The Bertz CT molecular complexity index is 768. The molecule has 2 atom stereocenters. The van der Waals surface area contributed by atoms with E-state index in [1.165, 1.54) is 5.00 Å². The van der Waals surface area contributed by atoms with Crippen molar-refractivity contribution in [2.24, 2.45) is 4.99 Å². The van der Waals surface area contributed by atoms with E-state index >= 15 is 0 Å². The zero-order valence-electron chi connectivity index (χ0n) is 15.7. The van der Waals surface area contributed by atoms with E-state index in [1.807, 2.05) is 30.4 Å². The molecule has 144 valence electrons. The lowest BCUT2D eigenvalue weighted by atomic mass is 10.1. The molecule has 1 aliphatic carbocycles. The summed E-state index contributed by atoms with van der Waals surface area (Å²) in [6, 6.07) is 12.1. The van der Waals surface area contributed by atoms with E-state index in [1.54, 1.807) is 12.1 Å². The number of rotatable bonds is 5. The summed E-state index contributed by atoms with van der Waals surface area (Å²) in [7, 11) is 0. The number of nitrogens with one attached hydrogen (secondary N) is 2. The first-order valence-electron chi connectivity index (χ1n) is 9.85. The number of halogens is 1. The minimum atomic E-state index is -0.102. The SMILES string of the molecule is CCN=C(NC1CCN(c2cccs2)CC1)NC1CC1c1ccccc1F. The van der Waals surface area contributed by atoms with Crippen molar-refractivity contribution >= 4 is 22.3 Å². The van der Waals surface area contributed by atoms with Crippen LogP contribution in [0.25, 0.3) is 0 Å². The number of piperidine rings is 1. The number of anilines is 1. The molecule has 27 heavy (non-hydrogen) atoms. The molecule has 0 amide bonds. The van der Waals surface area contributed by atoms with Gasteiger partial charge in [0.15, 0.2) is 5.96 Å². The van der Waals surface area contributed by atoms with Crippen LogP contribution in [0.4, 0.5) is 9.39 Å². The summed E-state index contributed by atoms with van der Waals surface area (Å²) in [4.78, 5) is 7.07. The lowest BCUT2D eigenvalue weighted by Crippen LogP contribution is -2.49. The Morgan fingerprint density at radius 2 is 2.00 bits per heavy atom. The Morgan fingerprint density at radius 3 is 2.70 bits per heavy atom. The molecule has 1 saturated heterocycles. The van der Waals surface area contributed by atoms with Gasteiger partial charge in [0, 0.05) is 37.6 Å². The van der Waals surface area contributed by atoms with Gasteiger partial charge in [-0.1, -0.05) is 18.2 Å². The maximum Gasteiger partial charge on any atom is 0.191 e. The van der Waals surface area contributed by atoms with Crippen LogP contribution in [0.3, 0.4) is 0 Å². The normalized spacial score (nSPS) is 23.3. The van der Waals surface area contributed by atoms with E-state index < -0.39 is 0 Å². The topological polar surface area (TPSA) is 39.7 Å². The molecular weight excluding hydrogens is 359 g/mol. The first kappa shape index (κ1) is 18.3. The quantitative estimate of drug-likeness (QED) is 0.603. The third-order valence-electron chi connectivity index (χ3n) is 5.39. The predicted molar refractivity (Wildman–Crippen MR) is 111 cm³/mol. The fourth-order valence-electron chi connectivity index (χ4n) is 3.83. The molecule has 2 aliphatic rings. The van der Waals surface area contributed by atoms with Crippen molar-refractivity contribution in [3.05, 3.63) is 53.2 Å². The van der Waals surface area contributed by atoms with Gasteiger partial charge in [-0.25, -0.2) is 4.39 Å². The maximum absolute atomic E-state index is 14.0. The van der Waals surface area contributed by atoms with E-state index in [0.29, 0.717) is 6.04 Å². The molecule has 1 aromatic carbocycles. The first-order valence-corrected chi connectivity index (χ1v) is 10.7. The number of hydrogen-bond acceptors (Lipinski definition) is 3. The lowest BCUT2D eigenvalue weighted by molar-refractivity contribution is 0.462.